The average Bonchev–Trinajstić information content (AvgIpc) is 2.75. The number of nitrogens with one attached hydrogen (secondary N) is 2. The van der Waals surface area contributed by atoms with Crippen molar-refractivity contribution in [3.05, 3.63) is 35.8 Å². The second-order valence-corrected chi connectivity index (χ2v) is 4.20. The Bertz CT molecular complexity index is 731. The molecule has 96 valence electrons. The van der Waals surface area contributed by atoms with Gasteiger partial charge in [-0.2, -0.15) is 15.1 Å². The fraction of sp³-hybridized carbons (Fsp3) is 0.0833. The van der Waals surface area contributed by atoms with Gasteiger partial charge in [0, 0.05) is 5.69 Å². The van der Waals surface area contributed by atoms with Crippen molar-refractivity contribution in [3.63, 3.8) is 0 Å². The van der Waals surface area contributed by atoms with E-state index in [0.717, 1.165) is 5.56 Å². The molecule has 4 N–H and O–H groups in total. The summed E-state index contributed by atoms with van der Waals surface area (Å²) in [5.41, 5.74) is 7.55. The summed E-state index contributed by atoms with van der Waals surface area (Å²) < 4.78 is 13.3. The van der Waals surface area contributed by atoms with Crippen LogP contribution >= 0.6 is 0 Å². The van der Waals surface area contributed by atoms with E-state index in [4.69, 9.17) is 5.73 Å². The highest BCUT2D eigenvalue weighted by Crippen LogP contribution is 2.24. The zero-order valence-corrected chi connectivity index (χ0v) is 10.1. The van der Waals surface area contributed by atoms with E-state index in [1.54, 1.807) is 6.20 Å². The Morgan fingerprint density at radius 2 is 2.11 bits per heavy atom. The van der Waals surface area contributed by atoms with Gasteiger partial charge in [-0.1, -0.05) is 0 Å². The maximum absolute atomic E-state index is 13.3. The van der Waals surface area contributed by atoms with E-state index in [0.29, 0.717) is 22.5 Å². The van der Waals surface area contributed by atoms with E-state index < -0.39 is 0 Å². The zero-order chi connectivity index (χ0) is 13.4. The van der Waals surface area contributed by atoms with Crippen molar-refractivity contribution in [2.75, 3.05) is 11.1 Å². The van der Waals surface area contributed by atoms with Gasteiger partial charge in [0.25, 0.3) is 0 Å². The molecule has 6 nitrogen and oxygen atoms in total. The maximum atomic E-state index is 13.3. The van der Waals surface area contributed by atoms with Crippen LogP contribution in [-0.2, 0) is 0 Å². The Hall–Kier alpha value is -2.70. The highest BCUT2D eigenvalue weighted by atomic mass is 19.1. The number of fused-ring (bicyclic) bond motifs is 1. The van der Waals surface area contributed by atoms with Crippen molar-refractivity contribution in [2.45, 2.75) is 6.92 Å². The first-order valence-electron chi connectivity index (χ1n) is 5.62. The van der Waals surface area contributed by atoms with Crippen molar-refractivity contribution in [2.24, 2.45) is 0 Å². The van der Waals surface area contributed by atoms with Crippen LogP contribution in [0.2, 0.25) is 0 Å². The number of H-pyrrole nitrogens is 1. The molecule has 0 saturated carbocycles. The summed E-state index contributed by atoms with van der Waals surface area (Å²) >= 11 is 0. The number of nitrogens with zero attached hydrogens (tertiary/aromatic N) is 3. The van der Waals surface area contributed by atoms with Crippen LogP contribution < -0.4 is 11.1 Å². The number of aryl methyl sites for hydroxylation is 1. The minimum Gasteiger partial charge on any atom is -0.368 e. The molecule has 0 saturated heterocycles. The van der Waals surface area contributed by atoms with Crippen LogP contribution in [0.5, 0.6) is 0 Å². The highest BCUT2D eigenvalue weighted by molar-refractivity contribution is 5.88. The summed E-state index contributed by atoms with van der Waals surface area (Å²) in [6.07, 6.45) is 1.59. The van der Waals surface area contributed by atoms with E-state index in [-0.39, 0.29) is 11.8 Å². The molecule has 0 amide bonds. The molecule has 0 atom stereocenters. The Morgan fingerprint density at radius 3 is 2.89 bits per heavy atom. The maximum Gasteiger partial charge on any atom is 0.224 e. The smallest absolute Gasteiger partial charge is 0.224 e. The Kier molecular flexibility index (Phi) is 2.52. The SMILES string of the molecule is Cc1cc(F)cc(Nc2nc(N)nc3[nH]ncc23)c1. The number of aromatic nitrogens is 4. The minimum absolute atomic E-state index is 0.118. The molecule has 0 fully saturated rings. The van der Waals surface area contributed by atoms with Crippen LogP contribution in [0.1, 0.15) is 5.56 Å². The third kappa shape index (κ3) is 2.17. The van der Waals surface area contributed by atoms with Crippen molar-refractivity contribution < 1.29 is 4.39 Å². The standard InChI is InChI=1S/C12H11FN6/c1-6-2-7(13)4-8(3-6)16-10-9-5-15-19-11(9)18-12(14)17-10/h2-5H,1H3,(H4,14,15,16,17,18,19). The van der Waals surface area contributed by atoms with Crippen molar-refractivity contribution in [1.29, 1.82) is 0 Å². The average molecular weight is 258 g/mol. The van der Waals surface area contributed by atoms with Crippen molar-refractivity contribution >= 4 is 28.5 Å². The predicted octanol–water partition coefficient (Wildman–Crippen LogP) is 2.13. The van der Waals surface area contributed by atoms with Gasteiger partial charge in [-0.3, -0.25) is 5.10 Å². The third-order valence-corrected chi connectivity index (χ3v) is 2.63. The lowest BCUT2D eigenvalue weighted by molar-refractivity contribution is 0.627. The second kappa shape index (κ2) is 4.20. The molecule has 0 bridgehead atoms. The number of rotatable bonds is 2. The molecule has 0 unspecified atom stereocenters. The number of hydrogen-bond donors (Lipinski definition) is 3. The monoisotopic (exact) mass is 258 g/mol. The summed E-state index contributed by atoms with van der Waals surface area (Å²) in [5.74, 6) is 0.293. The molecule has 0 aliphatic carbocycles. The van der Waals surface area contributed by atoms with Crippen LogP contribution in [0.4, 0.5) is 21.8 Å². The molecule has 0 radical (unpaired) electrons. The van der Waals surface area contributed by atoms with Gasteiger partial charge in [0.05, 0.1) is 11.6 Å². The molecule has 1 aromatic carbocycles. The first kappa shape index (κ1) is 11.4. The molecule has 19 heavy (non-hydrogen) atoms. The predicted molar refractivity (Wildman–Crippen MR) is 70.5 cm³/mol. The molecule has 3 aromatic rings. The van der Waals surface area contributed by atoms with Crippen LogP contribution in [-0.4, -0.2) is 20.2 Å². The topological polar surface area (TPSA) is 92.5 Å². The Morgan fingerprint density at radius 1 is 1.26 bits per heavy atom. The highest BCUT2D eigenvalue weighted by Gasteiger charge is 2.08. The van der Waals surface area contributed by atoms with E-state index in [1.165, 1.54) is 12.1 Å². The van der Waals surface area contributed by atoms with Crippen molar-refractivity contribution in [1.82, 2.24) is 20.2 Å². The number of halogens is 1. The first-order chi connectivity index (χ1) is 9.11. The van der Waals surface area contributed by atoms with E-state index in [9.17, 15) is 4.39 Å². The van der Waals surface area contributed by atoms with Gasteiger partial charge in [-0.25, -0.2) is 4.39 Å². The molecule has 0 aliphatic heterocycles. The number of benzene rings is 1. The minimum atomic E-state index is -0.312. The quantitative estimate of drug-likeness (QED) is 0.654. The van der Waals surface area contributed by atoms with Crippen LogP contribution in [0.15, 0.2) is 24.4 Å². The first-order valence-corrected chi connectivity index (χ1v) is 5.62. The van der Waals surface area contributed by atoms with Gasteiger partial charge in [0.1, 0.15) is 11.6 Å². The van der Waals surface area contributed by atoms with Gasteiger partial charge in [-0.15, -0.1) is 0 Å². The van der Waals surface area contributed by atoms with E-state index >= 15 is 0 Å². The lowest BCUT2D eigenvalue weighted by Crippen LogP contribution is -2.01. The van der Waals surface area contributed by atoms with E-state index in [2.05, 4.69) is 25.5 Å². The summed E-state index contributed by atoms with van der Waals surface area (Å²) in [4.78, 5) is 8.11. The fourth-order valence-electron chi connectivity index (χ4n) is 1.89. The van der Waals surface area contributed by atoms with Gasteiger partial charge in [0.15, 0.2) is 5.65 Å². The Balaban J connectivity index is 2.07. The number of nitrogens with two attached hydrogens (primary N) is 1. The molecular weight excluding hydrogens is 247 g/mol. The molecule has 7 heteroatoms. The second-order valence-electron chi connectivity index (χ2n) is 4.20. The Labute approximate surface area is 107 Å². The number of aromatic amines is 1. The lowest BCUT2D eigenvalue weighted by atomic mass is 10.2. The van der Waals surface area contributed by atoms with Crippen LogP contribution in [0.3, 0.4) is 0 Å². The normalized spacial score (nSPS) is 10.8. The zero-order valence-electron chi connectivity index (χ0n) is 10.1. The number of nitrogen functional groups attached to an aromatic ring is 1. The summed E-state index contributed by atoms with van der Waals surface area (Å²) in [6.45, 7) is 1.82. The fourth-order valence-corrected chi connectivity index (χ4v) is 1.89. The van der Waals surface area contributed by atoms with Crippen molar-refractivity contribution in [3.8, 4) is 0 Å². The summed E-state index contributed by atoms with van der Waals surface area (Å²) in [6, 6.07) is 4.65. The largest absolute Gasteiger partial charge is 0.368 e. The summed E-state index contributed by atoms with van der Waals surface area (Å²) in [5, 5.41) is 10.3. The summed E-state index contributed by atoms with van der Waals surface area (Å²) in [7, 11) is 0. The van der Waals surface area contributed by atoms with Crippen LogP contribution in [0.25, 0.3) is 11.0 Å². The number of hydrogen-bond acceptors (Lipinski definition) is 5. The van der Waals surface area contributed by atoms with Gasteiger partial charge in [0.2, 0.25) is 5.95 Å². The van der Waals surface area contributed by atoms with Gasteiger partial charge in [-0.05, 0) is 30.7 Å². The van der Waals surface area contributed by atoms with Gasteiger partial charge < -0.3 is 11.1 Å². The molecule has 3 rings (SSSR count). The van der Waals surface area contributed by atoms with Gasteiger partial charge >= 0.3 is 0 Å². The van der Waals surface area contributed by atoms with E-state index in [1.807, 2.05) is 13.0 Å². The molecular formula is C12H11FN6. The molecule has 0 spiro atoms. The molecule has 2 heterocycles. The lowest BCUT2D eigenvalue weighted by Gasteiger charge is -2.08. The van der Waals surface area contributed by atoms with Crippen LogP contribution in [0, 0.1) is 12.7 Å². The molecule has 2 aromatic heterocycles. The third-order valence-electron chi connectivity index (χ3n) is 2.63. The molecule has 0 aliphatic rings. The number of anilines is 3.